The minimum absolute atomic E-state index is 0.0666. The molecule has 1 amide bonds. The van der Waals surface area contributed by atoms with Gasteiger partial charge in [-0.25, -0.2) is 30.6 Å². The number of hydrogen-bond acceptors (Lipinski definition) is 8. The molecule has 3 atom stereocenters. The van der Waals surface area contributed by atoms with E-state index in [0.717, 1.165) is 32.2 Å². The van der Waals surface area contributed by atoms with Crippen LogP contribution in [0, 0.1) is 29.4 Å². The number of alkyl halides is 8. The van der Waals surface area contributed by atoms with Crippen molar-refractivity contribution in [2.24, 2.45) is 5.92 Å². The number of pyridine rings is 1. The highest BCUT2D eigenvalue weighted by molar-refractivity contribution is 7.92. The van der Waals surface area contributed by atoms with E-state index in [9.17, 15) is 56.8 Å². The van der Waals surface area contributed by atoms with Gasteiger partial charge in [-0.2, -0.15) is 45.3 Å². The van der Waals surface area contributed by atoms with Crippen molar-refractivity contribution in [3.05, 3.63) is 105 Å². The monoisotopic (exact) mass is 1030 g/mol. The summed E-state index contributed by atoms with van der Waals surface area (Å²) in [6.07, 6.45) is -9.31. The van der Waals surface area contributed by atoms with Gasteiger partial charge in [0, 0.05) is 40.3 Å². The number of carbonyl (C=O) groups is 1. The SMILES string of the molecule is C[C@@H]1c2c(C(F)(F)F)nn(CC(=O)N[C@@H](Cc3cc(F)cc(F)c3)c3nc(C#CC(C)(C)S(C)(=O)=O)c4ccccc4c3-c3ccc(Cl)c4c(NS(C)(=O)=O)nn(CC(F)(F)F)c34)c2C(F)(F)[C@@H]1C. The number of sulfonamides is 1. The number of benzene rings is 3. The number of fused-ring (bicyclic) bond motifs is 3. The second kappa shape index (κ2) is 17.5. The van der Waals surface area contributed by atoms with E-state index < -0.39 is 126 Å². The fourth-order valence-corrected chi connectivity index (χ4v) is 9.12. The maximum absolute atomic E-state index is 15.8. The molecule has 2 N–H and O–H groups in total. The van der Waals surface area contributed by atoms with Gasteiger partial charge in [-0.15, -0.1) is 0 Å². The number of halogens is 11. The molecule has 0 unspecified atom stereocenters. The molecule has 12 nitrogen and oxygen atoms in total. The number of rotatable bonds is 11. The van der Waals surface area contributed by atoms with Crippen LogP contribution in [0.3, 0.4) is 0 Å². The number of sulfone groups is 1. The minimum atomic E-state index is -5.24. The molecule has 1 aliphatic rings. The predicted octanol–water partition coefficient (Wildman–Crippen LogP) is 9.45. The van der Waals surface area contributed by atoms with Gasteiger partial charge in [-0.1, -0.05) is 61.7 Å². The number of anilines is 1. The first-order chi connectivity index (χ1) is 31.7. The summed E-state index contributed by atoms with van der Waals surface area (Å²) in [5.41, 5.74) is -5.34. The summed E-state index contributed by atoms with van der Waals surface area (Å²) in [6.45, 7) is 1.60. The lowest BCUT2D eigenvalue weighted by Crippen LogP contribution is -2.35. The topological polar surface area (TPSA) is 158 Å². The molecule has 3 aromatic carbocycles. The first kappa shape index (κ1) is 50.9. The lowest BCUT2D eigenvalue weighted by molar-refractivity contribution is -0.143. The third kappa shape index (κ3) is 10.1. The highest BCUT2D eigenvalue weighted by Gasteiger charge is 2.57. The van der Waals surface area contributed by atoms with Gasteiger partial charge in [0.2, 0.25) is 15.9 Å². The second-order valence-corrected chi connectivity index (χ2v) is 21.9. The van der Waals surface area contributed by atoms with E-state index in [1.807, 2.05) is 0 Å². The van der Waals surface area contributed by atoms with E-state index in [0.29, 0.717) is 17.0 Å². The molecule has 368 valence electrons. The largest absolute Gasteiger partial charge is 0.435 e. The van der Waals surface area contributed by atoms with E-state index in [1.54, 1.807) is 0 Å². The summed E-state index contributed by atoms with van der Waals surface area (Å²) >= 11 is 6.58. The summed E-state index contributed by atoms with van der Waals surface area (Å²) < 4.78 is 199. The van der Waals surface area contributed by atoms with Crippen LogP contribution in [-0.4, -0.2) is 70.7 Å². The van der Waals surface area contributed by atoms with Crippen molar-refractivity contribution in [1.82, 2.24) is 29.9 Å². The maximum Gasteiger partial charge on any atom is 0.435 e. The highest BCUT2D eigenvalue weighted by Crippen LogP contribution is 2.55. The molecule has 6 aromatic rings. The zero-order chi connectivity index (χ0) is 51.1. The minimum Gasteiger partial charge on any atom is -0.346 e. The Bertz CT molecular complexity index is 3360. The van der Waals surface area contributed by atoms with E-state index in [1.165, 1.54) is 50.2 Å². The van der Waals surface area contributed by atoms with Crippen molar-refractivity contribution in [3.63, 3.8) is 0 Å². The molecule has 0 saturated heterocycles. The van der Waals surface area contributed by atoms with Gasteiger partial charge < -0.3 is 5.32 Å². The summed E-state index contributed by atoms with van der Waals surface area (Å²) in [7, 11) is -8.16. The van der Waals surface area contributed by atoms with E-state index in [4.69, 9.17) is 16.6 Å². The van der Waals surface area contributed by atoms with Crippen LogP contribution in [-0.2, 0) is 56.3 Å². The molecule has 25 heteroatoms. The quantitative estimate of drug-likeness (QED) is 0.0960. The van der Waals surface area contributed by atoms with Gasteiger partial charge in [0.25, 0.3) is 5.92 Å². The van der Waals surface area contributed by atoms with Crippen LogP contribution in [0.4, 0.5) is 49.7 Å². The van der Waals surface area contributed by atoms with Gasteiger partial charge >= 0.3 is 12.4 Å². The Morgan fingerprint density at radius 3 is 2.12 bits per heavy atom. The zero-order valence-corrected chi connectivity index (χ0v) is 39.2. The molecular weight excluding hydrogens is 996 g/mol. The molecule has 0 fully saturated rings. The number of nitrogens with one attached hydrogen (secondary N) is 2. The fraction of sp³-hybridized carbons (Fsp3) is 0.364. The van der Waals surface area contributed by atoms with Crippen LogP contribution in [0.1, 0.15) is 73.6 Å². The summed E-state index contributed by atoms with van der Waals surface area (Å²) in [4.78, 5) is 19.1. The van der Waals surface area contributed by atoms with Crippen molar-refractivity contribution in [2.45, 2.75) is 82.2 Å². The average Bonchev–Trinajstić information content (AvgIpc) is 3.81. The van der Waals surface area contributed by atoms with Crippen LogP contribution in [0.5, 0.6) is 0 Å². The van der Waals surface area contributed by atoms with Crippen LogP contribution >= 0.6 is 11.6 Å². The molecule has 69 heavy (non-hydrogen) atoms. The molecule has 3 heterocycles. The van der Waals surface area contributed by atoms with Crippen molar-refractivity contribution < 1.29 is 65.5 Å². The van der Waals surface area contributed by atoms with Crippen LogP contribution < -0.4 is 10.0 Å². The molecule has 1 aliphatic carbocycles. The molecule has 0 saturated carbocycles. The number of carbonyl (C=O) groups excluding carboxylic acids is 1. The fourth-order valence-electron chi connectivity index (χ4n) is 8.15. The van der Waals surface area contributed by atoms with Crippen LogP contribution in [0.25, 0.3) is 32.8 Å². The first-order valence-electron chi connectivity index (χ1n) is 20.4. The maximum atomic E-state index is 15.8. The number of amides is 1. The second-order valence-electron chi connectivity index (χ2n) is 17.2. The van der Waals surface area contributed by atoms with Crippen molar-refractivity contribution in [2.75, 3.05) is 17.2 Å². The van der Waals surface area contributed by atoms with Crippen molar-refractivity contribution in [1.29, 1.82) is 0 Å². The molecule has 0 spiro atoms. The average molecular weight is 1030 g/mol. The highest BCUT2D eigenvalue weighted by atomic mass is 35.5. The van der Waals surface area contributed by atoms with Gasteiger partial charge in [0.1, 0.15) is 40.9 Å². The van der Waals surface area contributed by atoms with Crippen LogP contribution in [0.2, 0.25) is 5.02 Å². The third-order valence-electron chi connectivity index (χ3n) is 11.7. The zero-order valence-electron chi connectivity index (χ0n) is 36.8. The molecule has 7 rings (SSSR count). The Morgan fingerprint density at radius 2 is 1.54 bits per heavy atom. The van der Waals surface area contributed by atoms with Gasteiger partial charge in [-0.05, 0) is 61.3 Å². The van der Waals surface area contributed by atoms with Crippen LogP contribution in [0.15, 0.2) is 54.6 Å². The lowest BCUT2D eigenvalue weighted by atomic mass is 9.89. The molecule has 0 bridgehead atoms. The van der Waals surface area contributed by atoms with Crippen molar-refractivity contribution >= 4 is 64.9 Å². The van der Waals surface area contributed by atoms with E-state index in [2.05, 4.69) is 32.1 Å². The Hall–Kier alpha value is -5.93. The predicted molar refractivity (Wildman–Crippen MR) is 235 cm³/mol. The van der Waals surface area contributed by atoms with Gasteiger partial charge in [0.15, 0.2) is 21.3 Å². The van der Waals surface area contributed by atoms with E-state index >= 15 is 8.78 Å². The lowest BCUT2D eigenvalue weighted by Gasteiger charge is -2.25. The van der Waals surface area contributed by atoms with Gasteiger partial charge in [-0.3, -0.25) is 18.9 Å². The molecule has 3 aromatic heterocycles. The summed E-state index contributed by atoms with van der Waals surface area (Å²) in [5.74, 6) is -5.78. The normalized spacial score (nSPS) is 16.9. The van der Waals surface area contributed by atoms with Crippen molar-refractivity contribution in [3.8, 4) is 23.0 Å². The molecule has 0 aliphatic heterocycles. The number of hydrogen-bond donors (Lipinski definition) is 2. The summed E-state index contributed by atoms with van der Waals surface area (Å²) in [6, 6.07) is 8.71. The Balaban J connectivity index is 1.56. The third-order valence-corrected chi connectivity index (χ3v) is 14.6. The van der Waals surface area contributed by atoms with Gasteiger partial charge in [0.05, 0.1) is 33.9 Å². The van der Waals surface area contributed by atoms with E-state index in [-0.39, 0.29) is 53.9 Å². The molecule has 0 radical (unpaired) electrons. The Kier molecular flexibility index (Phi) is 12.9. The Labute approximate surface area is 392 Å². The Morgan fingerprint density at radius 1 is 0.913 bits per heavy atom. The first-order valence-corrected chi connectivity index (χ1v) is 24.5. The standard InChI is InChI=1S/C44H38ClF10N7O5S2/c1-21-22(2)43(51,52)39-33(21)38(44(53,54)55)58-61(39)19-32(63)56-31(17-23-15-24(46)18-25(47)16-23)36-34(27-10-8-7-9-26(27)30(57-36)13-14-41(3,4)68(5,64)65)28-11-12-29(45)35-37(28)62(20-42(48,49)50)59-40(35)60-69(6,66)67/h7-12,15-16,18,21-22,31H,17,19-20H2,1-6H3,(H,56,63)(H,59,60)/t21-,22+,31-/m0/s1. The number of aromatic nitrogens is 5. The molecular formula is C44H38ClF10N7O5S2. The smallest absolute Gasteiger partial charge is 0.346 e. The summed E-state index contributed by atoms with van der Waals surface area (Å²) in [5, 5.41) is 9.37. The number of nitrogens with zero attached hydrogens (tertiary/aromatic N) is 5.